The number of esters is 2. The molecule has 1 N–H and O–H groups in total. The van der Waals surface area contributed by atoms with Gasteiger partial charge >= 0.3 is 18.1 Å². The highest BCUT2D eigenvalue weighted by molar-refractivity contribution is 5.98. The summed E-state index contributed by atoms with van der Waals surface area (Å²) in [6.07, 6.45) is -3.81. The molecule has 1 heterocycles. The smallest absolute Gasteiger partial charge is 0.409 e. The van der Waals surface area contributed by atoms with Gasteiger partial charge in [0.1, 0.15) is 12.1 Å². The SMILES string of the molecule is COc1ccnc(C(=O)N[C@@H](C)C(=O)OC(C(C)C)[C@H](C)OC/C=C/C(F)(F)F)c1OCOC(C)=O. The van der Waals surface area contributed by atoms with Gasteiger partial charge in [0.2, 0.25) is 6.79 Å². The number of nitrogens with one attached hydrogen (secondary N) is 1. The monoisotopic (exact) mass is 520 g/mol. The molecule has 36 heavy (non-hydrogen) atoms. The number of alkyl halides is 3. The standard InChI is InChI=1S/C23H31F3N2O8/c1-13(2)19(15(4)33-11-7-9-23(24,25)26)36-22(31)14(3)28-21(30)18-20(35-12-34-16(5)29)17(32-6)8-10-27-18/h7-10,13-15,19H,11-12H2,1-6H3,(H,28,30)/b9-7+/t14-,15-,19?/m0/s1. The highest BCUT2D eigenvalue weighted by Gasteiger charge is 2.30. The van der Waals surface area contributed by atoms with E-state index in [1.165, 1.54) is 33.2 Å². The summed E-state index contributed by atoms with van der Waals surface area (Å²) in [5, 5.41) is 2.44. The predicted octanol–water partition coefficient (Wildman–Crippen LogP) is 3.20. The van der Waals surface area contributed by atoms with E-state index in [2.05, 4.69) is 10.3 Å². The molecule has 0 spiro atoms. The predicted molar refractivity (Wildman–Crippen MR) is 120 cm³/mol. The fourth-order valence-corrected chi connectivity index (χ4v) is 2.88. The average molecular weight is 521 g/mol. The van der Waals surface area contributed by atoms with E-state index in [0.717, 1.165) is 6.08 Å². The lowest BCUT2D eigenvalue weighted by Gasteiger charge is -2.28. The Bertz CT molecular complexity index is 921. The molecule has 1 aromatic heterocycles. The lowest BCUT2D eigenvalue weighted by atomic mass is 10.0. The number of pyridine rings is 1. The molecule has 1 amide bonds. The van der Waals surface area contributed by atoms with Crippen molar-refractivity contribution in [1.82, 2.24) is 10.3 Å². The minimum atomic E-state index is -4.45. The molecule has 0 bridgehead atoms. The van der Waals surface area contributed by atoms with Crippen molar-refractivity contribution in [2.45, 2.75) is 59.0 Å². The molecule has 0 radical (unpaired) electrons. The number of aromatic nitrogens is 1. The van der Waals surface area contributed by atoms with Crippen molar-refractivity contribution in [3.05, 3.63) is 30.1 Å². The van der Waals surface area contributed by atoms with Crippen LogP contribution in [0.25, 0.3) is 0 Å². The Labute approximate surface area is 207 Å². The van der Waals surface area contributed by atoms with Crippen LogP contribution in [-0.4, -0.2) is 67.8 Å². The number of hydrogen-bond donors (Lipinski definition) is 1. The van der Waals surface area contributed by atoms with Crippen molar-refractivity contribution < 1.29 is 51.2 Å². The van der Waals surface area contributed by atoms with Crippen LogP contribution in [0.4, 0.5) is 13.2 Å². The largest absolute Gasteiger partial charge is 0.493 e. The molecule has 0 fully saturated rings. The average Bonchev–Trinajstić information content (AvgIpc) is 2.78. The summed E-state index contributed by atoms with van der Waals surface area (Å²) in [6.45, 7) is 6.80. The molecule has 0 aliphatic carbocycles. The number of methoxy groups -OCH3 is 1. The van der Waals surface area contributed by atoms with Gasteiger partial charge in [0.05, 0.1) is 19.8 Å². The van der Waals surface area contributed by atoms with E-state index >= 15 is 0 Å². The zero-order valence-electron chi connectivity index (χ0n) is 20.9. The fourth-order valence-electron chi connectivity index (χ4n) is 2.88. The summed E-state index contributed by atoms with van der Waals surface area (Å²) in [4.78, 5) is 40.4. The lowest BCUT2D eigenvalue weighted by molar-refractivity contribution is -0.162. The van der Waals surface area contributed by atoms with Crippen molar-refractivity contribution in [2.24, 2.45) is 5.92 Å². The maximum atomic E-state index is 12.8. The molecule has 202 valence electrons. The second-order valence-electron chi connectivity index (χ2n) is 7.91. The Kier molecular flexibility index (Phi) is 12.2. The van der Waals surface area contributed by atoms with Crippen molar-refractivity contribution in [1.29, 1.82) is 0 Å². The molecular weight excluding hydrogens is 489 g/mol. The van der Waals surface area contributed by atoms with Gasteiger partial charge in [-0.3, -0.25) is 9.59 Å². The van der Waals surface area contributed by atoms with Crippen LogP contribution in [0.15, 0.2) is 24.4 Å². The number of ether oxygens (including phenoxy) is 5. The van der Waals surface area contributed by atoms with Crippen molar-refractivity contribution in [3.63, 3.8) is 0 Å². The minimum absolute atomic E-state index is 0.0601. The number of hydrogen-bond acceptors (Lipinski definition) is 9. The molecule has 0 saturated carbocycles. The Balaban J connectivity index is 2.85. The van der Waals surface area contributed by atoms with Gasteiger partial charge in [0.25, 0.3) is 5.91 Å². The van der Waals surface area contributed by atoms with E-state index in [4.69, 9.17) is 23.7 Å². The van der Waals surface area contributed by atoms with Gasteiger partial charge in [0, 0.05) is 25.3 Å². The van der Waals surface area contributed by atoms with Gasteiger partial charge in [-0.1, -0.05) is 19.9 Å². The molecule has 10 nitrogen and oxygen atoms in total. The molecule has 1 rings (SSSR count). The van der Waals surface area contributed by atoms with Gasteiger partial charge in [-0.25, -0.2) is 9.78 Å². The molecule has 0 aromatic carbocycles. The van der Waals surface area contributed by atoms with Crippen LogP contribution < -0.4 is 14.8 Å². The van der Waals surface area contributed by atoms with Crippen molar-refractivity contribution >= 4 is 17.8 Å². The summed E-state index contributed by atoms with van der Waals surface area (Å²) >= 11 is 0. The third-order valence-electron chi connectivity index (χ3n) is 4.60. The first-order valence-electron chi connectivity index (χ1n) is 10.9. The van der Waals surface area contributed by atoms with Crippen molar-refractivity contribution in [2.75, 3.05) is 20.5 Å². The van der Waals surface area contributed by atoms with Crippen LogP contribution in [0.5, 0.6) is 11.5 Å². The van der Waals surface area contributed by atoms with E-state index in [1.807, 2.05) is 0 Å². The van der Waals surface area contributed by atoms with E-state index in [9.17, 15) is 27.6 Å². The van der Waals surface area contributed by atoms with Gasteiger partial charge in [0.15, 0.2) is 17.2 Å². The molecular formula is C23H31F3N2O8. The number of halogens is 3. The summed E-state index contributed by atoms with van der Waals surface area (Å²) in [5.41, 5.74) is -0.227. The second kappa shape index (κ2) is 14.3. The molecule has 1 aromatic rings. The quantitative estimate of drug-likeness (QED) is 0.237. The van der Waals surface area contributed by atoms with E-state index in [1.54, 1.807) is 20.8 Å². The third kappa shape index (κ3) is 10.5. The summed E-state index contributed by atoms with van der Waals surface area (Å²) in [6, 6.07) is 0.293. The number of carbonyl (C=O) groups is 3. The highest BCUT2D eigenvalue weighted by Crippen LogP contribution is 2.29. The van der Waals surface area contributed by atoms with Crippen LogP contribution in [0.3, 0.4) is 0 Å². The first-order valence-corrected chi connectivity index (χ1v) is 10.9. The second-order valence-corrected chi connectivity index (χ2v) is 7.91. The third-order valence-corrected chi connectivity index (χ3v) is 4.60. The highest BCUT2D eigenvalue weighted by atomic mass is 19.4. The van der Waals surface area contributed by atoms with Crippen LogP contribution in [-0.2, 0) is 23.8 Å². The van der Waals surface area contributed by atoms with E-state index < -0.39 is 49.1 Å². The van der Waals surface area contributed by atoms with Crippen LogP contribution >= 0.6 is 0 Å². The molecule has 0 saturated heterocycles. The molecule has 13 heteroatoms. The fraction of sp³-hybridized carbons (Fsp3) is 0.565. The number of carbonyl (C=O) groups excluding carboxylic acids is 3. The van der Waals surface area contributed by atoms with E-state index in [0.29, 0.717) is 0 Å². The minimum Gasteiger partial charge on any atom is -0.493 e. The van der Waals surface area contributed by atoms with Gasteiger partial charge < -0.3 is 29.0 Å². The molecule has 1 unspecified atom stereocenters. The number of nitrogens with zero attached hydrogens (tertiary/aromatic N) is 1. The van der Waals surface area contributed by atoms with Crippen LogP contribution in [0, 0.1) is 5.92 Å². The first-order chi connectivity index (χ1) is 16.8. The summed E-state index contributed by atoms with van der Waals surface area (Å²) in [7, 11) is 1.34. The number of allylic oxidation sites excluding steroid dienone is 1. The maximum Gasteiger partial charge on any atom is 0.409 e. The van der Waals surface area contributed by atoms with Crippen LogP contribution in [0.1, 0.15) is 45.1 Å². The van der Waals surface area contributed by atoms with E-state index in [-0.39, 0.29) is 35.8 Å². The normalized spacial score (nSPS) is 14.2. The Morgan fingerprint density at radius 3 is 2.39 bits per heavy atom. The Morgan fingerprint density at radius 2 is 1.83 bits per heavy atom. The topological polar surface area (TPSA) is 122 Å². The molecule has 0 aliphatic heterocycles. The Hall–Kier alpha value is -3.35. The summed E-state index contributed by atoms with van der Waals surface area (Å²) < 4.78 is 62.7. The van der Waals surface area contributed by atoms with Crippen molar-refractivity contribution in [3.8, 4) is 11.5 Å². The summed E-state index contributed by atoms with van der Waals surface area (Å²) in [5.74, 6) is -2.39. The lowest BCUT2D eigenvalue weighted by Crippen LogP contribution is -2.44. The van der Waals surface area contributed by atoms with Gasteiger partial charge in [-0.15, -0.1) is 0 Å². The molecule has 3 atom stereocenters. The maximum absolute atomic E-state index is 12.8. The number of amides is 1. The molecule has 0 aliphatic rings. The number of rotatable bonds is 13. The van der Waals surface area contributed by atoms with Crippen LogP contribution in [0.2, 0.25) is 0 Å². The zero-order valence-corrected chi connectivity index (χ0v) is 20.9. The Morgan fingerprint density at radius 1 is 1.17 bits per heavy atom. The van der Waals surface area contributed by atoms with Gasteiger partial charge in [-0.05, 0) is 19.8 Å². The first kappa shape index (κ1) is 30.7. The zero-order chi connectivity index (χ0) is 27.5. The van der Waals surface area contributed by atoms with Gasteiger partial charge in [-0.2, -0.15) is 13.2 Å².